The number of carbonyl (C=O) groups excluding carboxylic acids is 1. The number of carbonyl (C=O) groups is 1. The zero-order chi connectivity index (χ0) is 21.8. The van der Waals surface area contributed by atoms with Gasteiger partial charge in [0.15, 0.2) is 0 Å². The molecule has 0 bridgehead atoms. The third-order valence-electron chi connectivity index (χ3n) is 5.64. The van der Waals surface area contributed by atoms with Crippen molar-refractivity contribution in [1.82, 2.24) is 9.99 Å². The summed E-state index contributed by atoms with van der Waals surface area (Å²) in [5.74, 6) is -0.187. The number of hydrazone groups is 1. The number of amides is 1. The van der Waals surface area contributed by atoms with E-state index in [2.05, 4.69) is 86.2 Å². The summed E-state index contributed by atoms with van der Waals surface area (Å²) < 4.78 is 2.23. The summed E-state index contributed by atoms with van der Waals surface area (Å²) in [6, 6.07) is 14.5. The maximum Gasteiger partial charge on any atom is 0.259 e. The number of benzene rings is 2. The van der Waals surface area contributed by atoms with Crippen molar-refractivity contribution in [3.63, 3.8) is 0 Å². The lowest BCUT2D eigenvalue weighted by Crippen LogP contribution is -2.25. The zero-order valence-corrected chi connectivity index (χ0v) is 18.6. The molecule has 0 saturated carbocycles. The zero-order valence-electron chi connectivity index (χ0n) is 18.6. The second kappa shape index (κ2) is 8.99. The van der Waals surface area contributed by atoms with Crippen LogP contribution in [0.2, 0.25) is 0 Å². The Morgan fingerprint density at radius 2 is 1.73 bits per heavy atom. The summed E-state index contributed by atoms with van der Waals surface area (Å²) in [4.78, 5) is 12.1. The van der Waals surface area contributed by atoms with Gasteiger partial charge in [-0.3, -0.25) is 4.79 Å². The summed E-state index contributed by atoms with van der Waals surface area (Å²) in [5, 5.41) is 7.29. The number of anilines is 1. The van der Waals surface area contributed by atoms with E-state index in [9.17, 15) is 4.79 Å². The molecule has 3 aromatic rings. The molecule has 30 heavy (non-hydrogen) atoms. The molecule has 2 N–H and O–H groups in total. The van der Waals surface area contributed by atoms with Crippen molar-refractivity contribution >= 4 is 17.8 Å². The Morgan fingerprint density at radius 1 is 0.967 bits per heavy atom. The van der Waals surface area contributed by atoms with Gasteiger partial charge in [-0.2, -0.15) is 5.10 Å². The Morgan fingerprint density at radius 3 is 2.47 bits per heavy atom. The van der Waals surface area contributed by atoms with Crippen LogP contribution in [0.15, 0.2) is 47.6 Å². The van der Waals surface area contributed by atoms with Gasteiger partial charge < -0.3 is 9.88 Å². The van der Waals surface area contributed by atoms with Gasteiger partial charge in [0.1, 0.15) is 0 Å². The van der Waals surface area contributed by atoms with E-state index in [0.717, 1.165) is 22.6 Å². The Kier molecular flexibility index (Phi) is 6.40. The fraction of sp³-hybridized carbons (Fsp3) is 0.280. The minimum atomic E-state index is -0.187. The maximum atomic E-state index is 12.1. The van der Waals surface area contributed by atoms with Gasteiger partial charge in [-0.1, -0.05) is 18.2 Å². The van der Waals surface area contributed by atoms with Gasteiger partial charge in [-0.05, 0) is 88.1 Å². The molecule has 0 aliphatic carbocycles. The molecule has 0 fully saturated rings. The van der Waals surface area contributed by atoms with Gasteiger partial charge in [0.05, 0.1) is 12.8 Å². The monoisotopic (exact) mass is 402 g/mol. The Hall–Kier alpha value is -3.34. The maximum absolute atomic E-state index is 12.1. The molecule has 0 unspecified atom stereocenters. The molecule has 0 saturated heterocycles. The normalized spacial score (nSPS) is 11.1. The number of nitrogens with zero attached hydrogens (tertiary/aromatic N) is 2. The molecule has 1 aromatic heterocycles. The minimum absolute atomic E-state index is 0.168. The molecule has 5 heteroatoms. The van der Waals surface area contributed by atoms with E-state index >= 15 is 0 Å². The van der Waals surface area contributed by atoms with E-state index in [1.54, 1.807) is 6.21 Å². The van der Waals surface area contributed by atoms with Crippen LogP contribution in [0.3, 0.4) is 0 Å². The molecular formula is C25H30N4O. The van der Waals surface area contributed by atoms with Crippen molar-refractivity contribution in [1.29, 1.82) is 0 Å². The molecule has 0 spiro atoms. The number of hydrogen-bond donors (Lipinski definition) is 2. The second-order valence-corrected chi connectivity index (χ2v) is 7.83. The predicted molar refractivity (Wildman–Crippen MR) is 125 cm³/mol. The molecular weight excluding hydrogens is 372 g/mol. The van der Waals surface area contributed by atoms with Crippen LogP contribution in [0.25, 0.3) is 5.69 Å². The first kappa shape index (κ1) is 21.4. The smallest absolute Gasteiger partial charge is 0.259 e. The summed E-state index contributed by atoms with van der Waals surface area (Å²) in [6.07, 6.45) is 1.71. The highest BCUT2D eigenvalue weighted by atomic mass is 16.2. The number of aryl methyl sites for hydroxylation is 4. The highest BCUT2D eigenvalue weighted by Crippen LogP contribution is 2.24. The SMILES string of the molecule is Cc1ccc(NCC(=O)N/N=C/c2cc(C)n(-c3cccc(C)c3C)c2C)cc1C. The third kappa shape index (κ3) is 4.62. The van der Waals surface area contributed by atoms with E-state index in [-0.39, 0.29) is 12.5 Å². The van der Waals surface area contributed by atoms with E-state index < -0.39 is 0 Å². The van der Waals surface area contributed by atoms with Crippen LogP contribution in [0.5, 0.6) is 0 Å². The molecule has 3 rings (SSSR count). The average molecular weight is 403 g/mol. The van der Waals surface area contributed by atoms with Crippen LogP contribution in [-0.2, 0) is 4.79 Å². The molecule has 0 atom stereocenters. The number of hydrogen-bond acceptors (Lipinski definition) is 3. The second-order valence-electron chi connectivity index (χ2n) is 7.83. The molecule has 1 heterocycles. The molecule has 0 aliphatic rings. The van der Waals surface area contributed by atoms with Crippen molar-refractivity contribution in [3.05, 3.63) is 81.7 Å². The highest BCUT2D eigenvalue weighted by Gasteiger charge is 2.12. The van der Waals surface area contributed by atoms with Crippen LogP contribution in [-0.4, -0.2) is 23.2 Å². The minimum Gasteiger partial charge on any atom is -0.376 e. The Labute approximate surface area is 178 Å². The van der Waals surface area contributed by atoms with E-state index in [4.69, 9.17) is 0 Å². The van der Waals surface area contributed by atoms with Crippen molar-refractivity contribution in [2.24, 2.45) is 5.10 Å². The van der Waals surface area contributed by atoms with Crippen LogP contribution in [0.4, 0.5) is 5.69 Å². The largest absolute Gasteiger partial charge is 0.376 e. The Balaban J connectivity index is 1.66. The number of aromatic nitrogens is 1. The van der Waals surface area contributed by atoms with E-state index in [1.165, 1.54) is 27.9 Å². The number of nitrogens with one attached hydrogen (secondary N) is 2. The van der Waals surface area contributed by atoms with Crippen LogP contribution < -0.4 is 10.7 Å². The van der Waals surface area contributed by atoms with Gasteiger partial charge in [-0.15, -0.1) is 0 Å². The van der Waals surface area contributed by atoms with Crippen molar-refractivity contribution in [2.75, 3.05) is 11.9 Å². The lowest BCUT2D eigenvalue weighted by molar-refractivity contribution is -0.119. The van der Waals surface area contributed by atoms with Gasteiger partial charge in [-0.25, -0.2) is 5.43 Å². The Bertz CT molecular complexity index is 1110. The van der Waals surface area contributed by atoms with E-state index in [1.807, 2.05) is 18.2 Å². The van der Waals surface area contributed by atoms with Gasteiger partial charge >= 0.3 is 0 Å². The van der Waals surface area contributed by atoms with Crippen LogP contribution >= 0.6 is 0 Å². The molecule has 0 aliphatic heterocycles. The topological polar surface area (TPSA) is 58.4 Å². The lowest BCUT2D eigenvalue weighted by atomic mass is 10.1. The van der Waals surface area contributed by atoms with Crippen LogP contribution in [0.1, 0.15) is 39.2 Å². The molecule has 2 aromatic carbocycles. The van der Waals surface area contributed by atoms with Gasteiger partial charge in [0.25, 0.3) is 5.91 Å². The molecule has 156 valence electrons. The fourth-order valence-electron chi connectivity index (χ4n) is 3.51. The lowest BCUT2D eigenvalue weighted by Gasteiger charge is -2.14. The predicted octanol–water partition coefficient (Wildman–Crippen LogP) is 4.89. The first-order valence-electron chi connectivity index (χ1n) is 10.2. The van der Waals surface area contributed by atoms with Gasteiger partial charge in [0.2, 0.25) is 0 Å². The molecule has 0 radical (unpaired) electrons. The van der Waals surface area contributed by atoms with Crippen molar-refractivity contribution in [3.8, 4) is 5.69 Å². The number of rotatable bonds is 6. The third-order valence-corrected chi connectivity index (χ3v) is 5.64. The fourth-order valence-corrected chi connectivity index (χ4v) is 3.51. The molecule has 5 nitrogen and oxygen atoms in total. The average Bonchev–Trinajstić information content (AvgIpc) is 2.98. The molecule has 1 amide bonds. The summed E-state index contributed by atoms with van der Waals surface area (Å²) >= 11 is 0. The van der Waals surface area contributed by atoms with Gasteiger partial charge in [0, 0.05) is 28.3 Å². The first-order chi connectivity index (χ1) is 14.3. The quantitative estimate of drug-likeness (QED) is 0.456. The first-order valence-corrected chi connectivity index (χ1v) is 10.2. The summed E-state index contributed by atoms with van der Waals surface area (Å²) in [5.41, 5.74) is 12.8. The van der Waals surface area contributed by atoms with Crippen molar-refractivity contribution < 1.29 is 4.79 Å². The van der Waals surface area contributed by atoms with Crippen molar-refractivity contribution in [2.45, 2.75) is 41.5 Å². The highest BCUT2D eigenvalue weighted by molar-refractivity contribution is 5.85. The standard InChI is InChI=1S/C25H30N4O/c1-16-10-11-23(12-18(16)3)26-15-25(30)28-27-14-22-13-19(4)29(21(22)6)24-9-7-8-17(2)20(24)5/h7-14,26H,15H2,1-6H3,(H,28,30)/b27-14+. The van der Waals surface area contributed by atoms with E-state index in [0.29, 0.717) is 0 Å². The summed E-state index contributed by atoms with van der Waals surface area (Å²) in [6.45, 7) is 12.7. The summed E-state index contributed by atoms with van der Waals surface area (Å²) in [7, 11) is 0. The van der Waals surface area contributed by atoms with Crippen LogP contribution in [0, 0.1) is 41.5 Å².